The molecule has 0 aliphatic carbocycles. The smallest absolute Gasteiger partial charge is 0.0706 e. The van der Waals surface area contributed by atoms with Crippen LogP contribution in [-0.4, -0.2) is 29.4 Å². The van der Waals surface area contributed by atoms with Crippen LogP contribution in [0.5, 0.6) is 0 Å². The van der Waals surface area contributed by atoms with Gasteiger partial charge in [0.05, 0.1) is 17.8 Å². The molecular weight excluding hydrogens is 202 g/mol. The maximum absolute atomic E-state index is 5.17. The van der Waals surface area contributed by atoms with E-state index >= 15 is 0 Å². The number of aromatic nitrogens is 2. The molecule has 2 aromatic heterocycles. The van der Waals surface area contributed by atoms with Gasteiger partial charge in [-0.1, -0.05) is 6.07 Å². The minimum absolute atomic E-state index is 0.238. The Morgan fingerprint density at radius 3 is 3.19 bits per heavy atom. The normalized spacial score (nSPS) is 13.1. The molecule has 0 aliphatic heterocycles. The first-order valence-electron chi connectivity index (χ1n) is 5.46. The number of pyridine rings is 1. The lowest BCUT2D eigenvalue weighted by Crippen LogP contribution is -2.25. The third-order valence-electron chi connectivity index (χ3n) is 2.66. The molecule has 1 atom stereocenters. The van der Waals surface area contributed by atoms with Crippen molar-refractivity contribution in [1.82, 2.24) is 14.9 Å². The molecule has 4 nitrogen and oxygen atoms in total. The van der Waals surface area contributed by atoms with Gasteiger partial charge in [-0.2, -0.15) is 5.10 Å². The average molecular weight is 219 g/mol. The molecule has 1 N–H and O–H groups in total. The fourth-order valence-corrected chi connectivity index (χ4v) is 1.62. The van der Waals surface area contributed by atoms with Crippen molar-refractivity contribution in [2.24, 2.45) is 0 Å². The molecule has 4 heteroatoms. The summed E-state index contributed by atoms with van der Waals surface area (Å²) in [6.07, 6.45) is 4.10. The summed E-state index contributed by atoms with van der Waals surface area (Å²) in [5, 5.41) is 7.63. The summed E-state index contributed by atoms with van der Waals surface area (Å²) in [4.78, 5) is 0. The average Bonchev–Trinajstić information content (AvgIpc) is 2.73. The van der Waals surface area contributed by atoms with E-state index in [1.807, 2.05) is 36.0 Å². The number of nitrogens with one attached hydrogen (secondary N) is 1. The molecule has 0 spiro atoms. The minimum atomic E-state index is 0.238. The fourth-order valence-electron chi connectivity index (χ4n) is 1.62. The van der Waals surface area contributed by atoms with E-state index in [9.17, 15) is 0 Å². The van der Waals surface area contributed by atoms with Gasteiger partial charge in [0.15, 0.2) is 0 Å². The van der Waals surface area contributed by atoms with Gasteiger partial charge in [-0.05, 0) is 19.1 Å². The monoisotopic (exact) mass is 219 g/mol. The quantitative estimate of drug-likeness (QED) is 0.827. The van der Waals surface area contributed by atoms with E-state index in [0.717, 1.165) is 18.6 Å². The molecule has 0 saturated carbocycles. The molecule has 2 heterocycles. The van der Waals surface area contributed by atoms with Crippen LogP contribution in [0.1, 0.15) is 12.5 Å². The van der Waals surface area contributed by atoms with E-state index < -0.39 is 0 Å². The van der Waals surface area contributed by atoms with Crippen LogP contribution in [0.3, 0.4) is 0 Å². The number of fused-ring (bicyclic) bond motifs is 1. The van der Waals surface area contributed by atoms with Crippen molar-refractivity contribution < 1.29 is 4.74 Å². The lowest BCUT2D eigenvalue weighted by molar-refractivity contribution is 0.117. The molecule has 2 aromatic rings. The molecule has 1 unspecified atom stereocenters. The van der Waals surface area contributed by atoms with Crippen molar-refractivity contribution in [2.45, 2.75) is 19.6 Å². The molecule has 0 amide bonds. The van der Waals surface area contributed by atoms with Crippen molar-refractivity contribution in [3.63, 3.8) is 0 Å². The number of rotatable bonds is 5. The Morgan fingerprint density at radius 2 is 2.38 bits per heavy atom. The zero-order valence-corrected chi connectivity index (χ0v) is 9.68. The third-order valence-corrected chi connectivity index (χ3v) is 2.66. The Morgan fingerprint density at radius 1 is 1.50 bits per heavy atom. The van der Waals surface area contributed by atoms with E-state index in [2.05, 4.69) is 16.5 Å². The number of nitrogens with zero attached hydrogens (tertiary/aromatic N) is 2. The van der Waals surface area contributed by atoms with Crippen LogP contribution in [0, 0.1) is 0 Å². The summed E-state index contributed by atoms with van der Waals surface area (Å²) in [7, 11) is 1.72. The zero-order valence-electron chi connectivity index (χ0n) is 9.68. The minimum Gasteiger partial charge on any atom is -0.380 e. The number of methoxy groups -OCH3 is 1. The van der Waals surface area contributed by atoms with Crippen LogP contribution in [0.4, 0.5) is 0 Å². The first-order valence-corrected chi connectivity index (χ1v) is 5.46. The Balaban J connectivity index is 1.99. The van der Waals surface area contributed by atoms with Gasteiger partial charge >= 0.3 is 0 Å². The second-order valence-corrected chi connectivity index (χ2v) is 3.88. The van der Waals surface area contributed by atoms with Gasteiger partial charge in [-0.25, -0.2) is 4.52 Å². The van der Waals surface area contributed by atoms with Crippen LogP contribution < -0.4 is 5.32 Å². The van der Waals surface area contributed by atoms with Gasteiger partial charge in [-0.15, -0.1) is 0 Å². The van der Waals surface area contributed by atoms with Crippen LogP contribution in [0.2, 0.25) is 0 Å². The summed E-state index contributed by atoms with van der Waals surface area (Å²) in [6.45, 7) is 3.71. The van der Waals surface area contributed by atoms with Crippen molar-refractivity contribution in [2.75, 3.05) is 13.7 Å². The van der Waals surface area contributed by atoms with Gasteiger partial charge in [0.25, 0.3) is 0 Å². The highest BCUT2D eigenvalue weighted by Crippen LogP contribution is 2.09. The molecule has 16 heavy (non-hydrogen) atoms. The second kappa shape index (κ2) is 5.09. The summed E-state index contributed by atoms with van der Waals surface area (Å²) in [5.41, 5.74) is 2.36. The molecular formula is C12H17N3O. The summed E-state index contributed by atoms with van der Waals surface area (Å²) in [5.74, 6) is 0. The molecule has 2 rings (SSSR count). The fraction of sp³-hybridized carbons (Fsp3) is 0.417. The third kappa shape index (κ3) is 2.40. The highest BCUT2D eigenvalue weighted by atomic mass is 16.5. The van der Waals surface area contributed by atoms with Gasteiger partial charge in [0.2, 0.25) is 0 Å². The van der Waals surface area contributed by atoms with E-state index in [1.54, 1.807) is 7.11 Å². The first kappa shape index (κ1) is 11.1. The number of hydrogen-bond acceptors (Lipinski definition) is 3. The molecule has 0 radical (unpaired) electrons. The summed E-state index contributed by atoms with van der Waals surface area (Å²) < 4.78 is 7.06. The molecule has 0 fully saturated rings. The Kier molecular flexibility index (Phi) is 3.54. The van der Waals surface area contributed by atoms with Crippen LogP contribution in [0.15, 0.2) is 30.6 Å². The van der Waals surface area contributed by atoms with Crippen molar-refractivity contribution in [3.05, 3.63) is 36.2 Å². The van der Waals surface area contributed by atoms with Gasteiger partial charge in [-0.3, -0.25) is 0 Å². The van der Waals surface area contributed by atoms with Crippen LogP contribution >= 0.6 is 0 Å². The molecule has 0 aromatic carbocycles. The largest absolute Gasteiger partial charge is 0.380 e. The van der Waals surface area contributed by atoms with Crippen molar-refractivity contribution in [1.29, 1.82) is 0 Å². The molecule has 0 bridgehead atoms. The second-order valence-electron chi connectivity index (χ2n) is 3.88. The lowest BCUT2D eigenvalue weighted by atomic mass is 10.2. The topological polar surface area (TPSA) is 38.6 Å². The van der Waals surface area contributed by atoms with Crippen molar-refractivity contribution >= 4 is 5.52 Å². The van der Waals surface area contributed by atoms with Crippen molar-refractivity contribution in [3.8, 4) is 0 Å². The van der Waals surface area contributed by atoms with E-state index in [1.165, 1.54) is 5.56 Å². The summed E-state index contributed by atoms with van der Waals surface area (Å²) >= 11 is 0. The van der Waals surface area contributed by atoms with Crippen LogP contribution in [0.25, 0.3) is 5.52 Å². The Bertz CT molecular complexity index is 452. The standard InChI is InChI=1S/C12H17N3O/c1-10(16-2)7-13-8-11-9-14-15-6-4-3-5-12(11)15/h3-6,9-10,13H,7-8H2,1-2H3. The van der Waals surface area contributed by atoms with E-state index in [0.29, 0.717) is 0 Å². The maximum Gasteiger partial charge on any atom is 0.0706 e. The highest BCUT2D eigenvalue weighted by Gasteiger charge is 2.03. The zero-order chi connectivity index (χ0) is 11.4. The SMILES string of the molecule is COC(C)CNCc1cnn2ccccc12. The van der Waals surface area contributed by atoms with Gasteiger partial charge < -0.3 is 10.1 Å². The predicted molar refractivity (Wildman–Crippen MR) is 63.4 cm³/mol. The number of hydrogen-bond donors (Lipinski definition) is 1. The molecule has 0 saturated heterocycles. The maximum atomic E-state index is 5.17. The first-order chi connectivity index (χ1) is 7.81. The highest BCUT2D eigenvalue weighted by molar-refractivity contribution is 5.53. The molecule has 0 aliphatic rings. The summed E-state index contributed by atoms with van der Waals surface area (Å²) in [6, 6.07) is 6.08. The lowest BCUT2D eigenvalue weighted by Gasteiger charge is -2.09. The predicted octanol–water partition coefficient (Wildman–Crippen LogP) is 1.46. The van der Waals surface area contributed by atoms with E-state index in [-0.39, 0.29) is 6.10 Å². The van der Waals surface area contributed by atoms with Gasteiger partial charge in [0, 0.05) is 32.0 Å². The van der Waals surface area contributed by atoms with Gasteiger partial charge in [0.1, 0.15) is 0 Å². The molecule has 86 valence electrons. The number of ether oxygens (including phenoxy) is 1. The van der Waals surface area contributed by atoms with Crippen LogP contribution in [-0.2, 0) is 11.3 Å². The Hall–Kier alpha value is -1.39. The van der Waals surface area contributed by atoms with E-state index in [4.69, 9.17) is 4.74 Å². The Labute approximate surface area is 95.2 Å².